The molecule has 1 N–H and O–H groups in total. The fourth-order valence-electron chi connectivity index (χ4n) is 2.60. The van der Waals surface area contributed by atoms with Crippen molar-refractivity contribution >= 4 is 23.8 Å². The summed E-state index contributed by atoms with van der Waals surface area (Å²) in [4.78, 5) is 45.8. The minimum atomic E-state index is -1.11. The molecule has 1 rings (SSSR count). The van der Waals surface area contributed by atoms with Crippen LogP contribution in [-0.4, -0.2) is 67.7 Å². The van der Waals surface area contributed by atoms with Gasteiger partial charge in [-0.05, 0) is 6.92 Å². The Kier molecular flexibility index (Phi) is 8.46. The summed E-state index contributed by atoms with van der Waals surface area (Å²) in [6, 6.07) is -0.922. The molecule has 1 fully saturated rings. The van der Waals surface area contributed by atoms with E-state index < -0.39 is 54.5 Å². The SMILES string of the molecule is CCOC1OC(COC(C)=O)C(OC(C)=O)C(OC(C)=O)C1NC(C)=O. The molecule has 10 heteroatoms. The third-order valence-electron chi connectivity index (χ3n) is 3.40. The third kappa shape index (κ3) is 6.60. The lowest BCUT2D eigenvalue weighted by atomic mass is 9.96. The van der Waals surface area contributed by atoms with E-state index >= 15 is 0 Å². The second kappa shape index (κ2) is 10.1. The number of carbonyl (C=O) groups excluding carboxylic acids is 4. The maximum absolute atomic E-state index is 11.6. The first-order valence-electron chi connectivity index (χ1n) is 8.17. The molecule has 0 spiro atoms. The predicted octanol–water partition coefficient (Wildman–Crippen LogP) is -0.321. The number of nitrogens with one attached hydrogen (secondary N) is 1. The molecule has 1 amide bonds. The number of esters is 3. The maximum Gasteiger partial charge on any atom is 0.303 e. The van der Waals surface area contributed by atoms with Crippen LogP contribution in [0.1, 0.15) is 34.6 Å². The topological polar surface area (TPSA) is 126 Å². The van der Waals surface area contributed by atoms with Crippen molar-refractivity contribution in [1.82, 2.24) is 5.32 Å². The van der Waals surface area contributed by atoms with Crippen LogP contribution in [0.15, 0.2) is 0 Å². The molecule has 0 aliphatic carbocycles. The first-order chi connectivity index (χ1) is 12.1. The highest BCUT2D eigenvalue weighted by atomic mass is 16.7. The highest BCUT2D eigenvalue weighted by Gasteiger charge is 2.51. The number of hydrogen-bond acceptors (Lipinski definition) is 9. The molecule has 0 aromatic heterocycles. The average molecular weight is 375 g/mol. The van der Waals surface area contributed by atoms with E-state index in [1.54, 1.807) is 6.92 Å². The van der Waals surface area contributed by atoms with Gasteiger partial charge >= 0.3 is 17.9 Å². The Morgan fingerprint density at radius 1 is 0.923 bits per heavy atom. The average Bonchev–Trinajstić information content (AvgIpc) is 2.50. The Morgan fingerprint density at radius 3 is 1.96 bits per heavy atom. The van der Waals surface area contributed by atoms with Crippen LogP contribution in [0, 0.1) is 0 Å². The van der Waals surface area contributed by atoms with Crippen LogP contribution in [0.4, 0.5) is 0 Å². The Bertz CT molecular complexity index is 536. The van der Waals surface area contributed by atoms with Gasteiger partial charge in [-0.3, -0.25) is 19.2 Å². The van der Waals surface area contributed by atoms with Crippen molar-refractivity contribution in [3.05, 3.63) is 0 Å². The van der Waals surface area contributed by atoms with Crippen molar-refractivity contribution in [2.24, 2.45) is 0 Å². The monoisotopic (exact) mass is 375 g/mol. The minimum Gasteiger partial charge on any atom is -0.463 e. The molecule has 1 aliphatic heterocycles. The summed E-state index contributed by atoms with van der Waals surface area (Å²) in [6.07, 6.45) is -4.15. The van der Waals surface area contributed by atoms with Gasteiger partial charge in [-0.2, -0.15) is 0 Å². The van der Waals surface area contributed by atoms with Gasteiger partial charge in [-0.1, -0.05) is 0 Å². The zero-order valence-electron chi connectivity index (χ0n) is 15.5. The van der Waals surface area contributed by atoms with Crippen molar-refractivity contribution in [2.45, 2.75) is 65.3 Å². The zero-order valence-corrected chi connectivity index (χ0v) is 15.5. The molecule has 1 saturated heterocycles. The van der Waals surface area contributed by atoms with E-state index in [1.165, 1.54) is 27.7 Å². The second-order valence-corrected chi connectivity index (χ2v) is 5.68. The van der Waals surface area contributed by atoms with E-state index in [1.807, 2.05) is 0 Å². The molecule has 0 bridgehead atoms. The standard InChI is InChI=1S/C16H25NO9/c1-6-22-16-13(17-8(2)18)15(25-11(5)21)14(24-10(4)20)12(26-16)7-23-9(3)19/h12-16H,6-7H2,1-5H3,(H,17,18). The van der Waals surface area contributed by atoms with Crippen molar-refractivity contribution in [2.75, 3.05) is 13.2 Å². The lowest BCUT2D eigenvalue weighted by Crippen LogP contribution is -2.66. The van der Waals surface area contributed by atoms with E-state index in [9.17, 15) is 19.2 Å². The van der Waals surface area contributed by atoms with Gasteiger partial charge in [0.15, 0.2) is 18.5 Å². The normalized spacial score (nSPS) is 28.0. The van der Waals surface area contributed by atoms with Crippen LogP contribution in [0.2, 0.25) is 0 Å². The van der Waals surface area contributed by atoms with Gasteiger partial charge in [0.25, 0.3) is 0 Å². The summed E-state index contributed by atoms with van der Waals surface area (Å²) >= 11 is 0. The second-order valence-electron chi connectivity index (χ2n) is 5.68. The van der Waals surface area contributed by atoms with Crippen LogP contribution >= 0.6 is 0 Å². The van der Waals surface area contributed by atoms with E-state index in [0.29, 0.717) is 0 Å². The summed E-state index contributed by atoms with van der Waals surface area (Å²) in [5.74, 6) is -2.28. The third-order valence-corrected chi connectivity index (χ3v) is 3.40. The Hall–Kier alpha value is -2.20. The smallest absolute Gasteiger partial charge is 0.303 e. The summed E-state index contributed by atoms with van der Waals surface area (Å²) in [5.41, 5.74) is 0. The quantitative estimate of drug-likeness (QED) is 0.470. The van der Waals surface area contributed by atoms with Crippen molar-refractivity contribution in [3.63, 3.8) is 0 Å². The fraction of sp³-hybridized carbons (Fsp3) is 0.750. The van der Waals surface area contributed by atoms with Crippen molar-refractivity contribution in [3.8, 4) is 0 Å². The molecule has 0 aromatic carbocycles. The highest BCUT2D eigenvalue weighted by Crippen LogP contribution is 2.27. The molecule has 1 heterocycles. The van der Waals surface area contributed by atoms with Gasteiger partial charge < -0.3 is 29.0 Å². The van der Waals surface area contributed by atoms with Crippen LogP contribution in [-0.2, 0) is 42.9 Å². The van der Waals surface area contributed by atoms with E-state index in [4.69, 9.17) is 23.7 Å². The number of rotatable bonds is 7. The van der Waals surface area contributed by atoms with Gasteiger partial charge in [0.1, 0.15) is 18.8 Å². The van der Waals surface area contributed by atoms with Gasteiger partial charge in [0.2, 0.25) is 5.91 Å². The summed E-state index contributed by atoms with van der Waals surface area (Å²) in [6.45, 7) is 6.56. The lowest BCUT2D eigenvalue weighted by molar-refractivity contribution is -0.276. The van der Waals surface area contributed by atoms with Crippen LogP contribution in [0.25, 0.3) is 0 Å². The maximum atomic E-state index is 11.6. The predicted molar refractivity (Wildman–Crippen MR) is 85.6 cm³/mol. The van der Waals surface area contributed by atoms with E-state index in [2.05, 4.69) is 5.32 Å². The molecular weight excluding hydrogens is 350 g/mol. The van der Waals surface area contributed by atoms with Crippen molar-refractivity contribution < 1.29 is 42.9 Å². The molecule has 10 nitrogen and oxygen atoms in total. The molecule has 5 unspecified atom stereocenters. The van der Waals surface area contributed by atoms with Gasteiger partial charge in [-0.25, -0.2) is 0 Å². The van der Waals surface area contributed by atoms with Crippen LogP contribution < -0.4 is 5.32 Å². The lowest BCUT2D eigenvalue weighted by Gasteiger charge is -2.44. The molecular formula is C16H25NO9. The number of amides is 1. The fourth-order valence-corrected chi connectivity index (χ4v) is 2.60. The first kappa shape index (κ1) is 21.8. The number of hydrogen-bond donors (Lipinski definition) is 1. The zero-order chi connectivity index (χ0) is 19.9. The van der Waals surface area contributed by atoms with E-state index in [0.717, 1.165) is 0 Å². The summed E-state index contributed by atoms with van der Waals surface area (Å²) < 4.78 is 26.7. The molecule has 1 aliphatic rings. The van der Waals surface area contributed by atoms with Crippen molar-refractivity contribution in [1.29, 1.82) is 0 Å². The number of ether oxygens (including phenoxy) is 5. The molecule has 0 aromatic rings. The van der Waals surface area contributed by atoms with Gasteiger partial charge in [-0.15, -0.1) is 0 Å². The van der Waals surface area contributed by atoms with Crippen LogP contribution in [0.5, 0.6) is 0 Å². The Morgan fingerprint density at radius 2 is 1.50 bits per heavy atom. The Labute approximate surface area is 151 Å². The Balaban J connectivity index is 3.22. The molecule has 26 heavy (non-hydrogen) atoms. The summed E-state index contributed by atoms with van der Waals surface area (Å²) in [5, 5.41) is 2.60. The molecule has 5 atom stereocenters. The first-order valence-corrected chi connectivity index (χ1v) is 8.17. The minimum absolute atomic E-state index is 0.242. The van der Waals surface area contributed by atoms with Gasteiger partial charge in [0, 0.05) is 34.3 Å². The number of carbonyl (C=O) groups is 4. The highest BCUT2D eigenvalue weighted by molar-refractivity contribution is 5.73. The molecule has 148 valence electrons. The van der Waals surface area contributed by atoms with Crippen LogP contribution in [0.3, 0.4) is 0 Å². The largest absolute Gasteiger partial charge is 0.463 e. The van der Waals surface area contributed by atoms with Gasteiger partial charge in [0.05, 0.1) is 0 Å². The summed E-state index contributed by atoms with van der Waals surface area (Å²) in [7, 11) is 0. The van der Waals surface area contributed by atoms with E-state index in [-0.39, 0.29) is 13.2 Å². The molecule has 0 saturated carbocycles. The molecule has 0 radical (unpaired) electrons.